The lowest BCUT2D eigenvalue weighted by atomic mass is 9.92. The third-order valence-corrected chi connectivity index (χ3v) is 7.74. The summed E-state index contributed by atoms with van der Waals surface area (Å²) >= 11 is 0. The molecule has 0 radical (unpaired) electrons. The summed E-state index contributed by atoms with van der Waals surface area (Å²) in [5.41, 5.74) is 0.541. The van der Waals surface area contributed by atoms with Gasteiger partial charge in [0, 0.05) is 32.1 Å². The number of amides is 1. The Labute approximate surface area is 177 Å². The van der Waals surface area contributed by atoms with E-state index in [4.69, 9.17) is 4.74 Å². The van der Waals surface area contributed by atoms with Gasteiger partial charge in [0.05, 0.1) is 18.3 Å². The van der Waals surface area contributed by atoms with E-state index in [1.54, 1.807) is 11.8 Å². The lowest BCUT2D eigenvalue weighted by molar-refractivity contribution is -0.152. The van der Waals surface area contributed by atoms with E-state index in [0.717, 1.165) is 0 Å². The van der Waals surface area contributed by atoms with Gasteiger partial charge in [0.25, 0.3) is 0 Å². The van der Waals surface area contributed by atoms with Gasteiger partial charge in [-0.1, -0.05) is 12.1 Å². The summed E-state index contributed by atoms with van der Waals surface area (Å²) in [6.07, 6.45) is 2.18. The van der Waals surface area contributed by atoms with Crippen molar-refractivity contribution < 1.29 is 27.1 Å². The van der Waals surface area contributed by atoms with Gasteiger partial charge < -0.3 is 9.64 Å². The number of piperidine rings is 2. The van der Waals surface area contributed by atoms with Gasteiger partial charge in [-0.2, -0.15) is 0 Å². The number of nitrogens with zero attached hydrogens (tertiary/aromatic N) is 2. The number of sulfonamides is 1. The Morgan fingerprint density at radius 2 is 1.57 bits per heavy atom. The van der Waals surface area contributed by atoms with Crippen molar-refractivity contribution in [1.29, 1.82) is 0 Å². The number of esters is 1. The molecule has 0 atom stereocenters. The molecule has 7 nitrogen and oxygen atoms in total. The number of carbonyl (C=O) groups is 2. The van der Waals surface area contributed by atoms with Crippen molar-refractivity contribution in [2.75, 3.05) is 32.8 Å². The molecular weight excluding hydrogens is 411 g/mol. The first-order valence-electron chi connectivity index (χ1n) is 10.5. The van der Waals surface area contributed by atoms with E-state index in [1.807, 2.05) is 0 Å². The van der Waals surface area contributed by atoms with Crippen LogP contribution < -0.4 is 0 Å². The van der Waals surface area contributed by atoms with Crippen molar-refractivity contribution in [2.45, 2.75) is 38.4 Å². The molecule has 2 aliphatic rings. The third-order valence-electron chi connectivity index (χ3n) is 5.89. The van der Waals surface area contributed by atoms with Crippen LogP contribution in [0, 0.1) is 17.7 Å². The molecule has 166 valence electrons. The highest BCUT2D eigenvalue weighted by Crippen LogP contribution is 2.26. The number of ether oxygens (including phenoxy) is 1. The van der Waals surface area contributed by atoms with E-state index >= 15 is 0 Å². The summed E-state index contributed by atoms with van der Waals surface area (Å²) in [4.78, 5) is 26.5. The second-order valence-electron chi connectivity index (χ2n) is 7.91. The molecule has 2 aliphatic heterocycles. The first kappa shape index (κ1) is 22.7. The number of hydrogen-bond donors (Lipinski definition) is 0. The molecule has 2 saturated heterocycles. The molecule has 0 aromatic heterocycles. The number of hydrogen-bond acceptors (Lipinski definition) is 5. The van der Waals surface area contributed by atoms with Crippen LogP contribution in [0.1, 0.15) is 38.2 Å². The van der Waals surface area contributed by atoms with Crippen LogP contribution in [0.15, 0.2) is 24.3 Å². The van der Waals surface area contributed by atoms with Gasteiger partial charge >= 0.3 is 5.97 Å². The van der Waals surface area contributed by atoms with Gasteiger partial charge in [-0.05, 0) is 50.3 Å². The molecule has 0 unspecified atom stereocenters. The smallest absolute Gasteiger partial charge is 0.309 e. The van der Waals surface area contributed by atoms with E-state index < -0.39 is 15.8 Å². The summed E-state index contributed by atoms with van der Waals surface area (Å²) in [5.74, 6) is -1.06. The fraction of sp³-hybridized carbons (Fsp3) is 0.619. The summed E-state index contributed by atoms with van der Waals surface area (Å²) < 4.78 is 44.8. The van der Waals surface area contributed by atoms with E-state index in [1.165, 1.54) is 28.6 Å². The maximum Gasteiger partial charge on any atom is 0.309 e. The second-order valence-corrected chi connectivity index (χ2v) is 9.88. The van der Waals surface area contributed by atoms with E-state index in [2.05, 4.69) is 0 Å². The highest BCUT2D eigenvalue weighted by Gasteiger charge is 2.35. The molecule has 9 heteroatoms. The molecule has 1 aromatic carbocycles. The van der Waals surface area contributed by atoms with Gasteiger partial charge in [-0.3, -0.25) is 9.59 Å². The molecule has 2 fully saturated rings. The highest BCUT2D eigenvalue weighted by molar-refractivity contribution is 7.88. The fourth-order valence-electron chi connectivity index (χ4n) is 4.12. The molecule has 0 N–H and O–H groups in total. The molecule has 0 spiro atoms. The minimum absolute atomic E-state index is 0.0490. The second kappa shape index (κ2) is 9.87. The van der Waals surface area contributed by atoms with E-state index in [9.17, 15) is 22.4 Å². The van der Waals surface area contributed by atoms with Crippen LogP contribution in [-0.4, -0.2) is 62.3 Å². The average Bonchev–Trinajstić information content (AvgIpc) is 2.75. The zero-order valence-electron chi connectivity index (χ0n) is 17.3. The Hall–Kier alpha value is -2.00. The van der Waals surface area contributed by atoms with Gasteiger partial charge in [-0.25, -0.2) is 17.1 Å². The maximum atomic E-state index is 13.0. The van der Waals surface area contributed by atoms with Gasteiger partial charge in [0.1, 0.15) is 5.82 Å². The van der Waals surface area contributed by atoms with Crippen molar-refractivity contribution in [3.8, 4) is 0 Å². The van der Waals surface area contributed by atoms with Crippen molar-refractivity contribution in [3.05, 3.63) is 35.6 Å². The highest BCUT2D eigenvalue weighted by atomic mass is 32.2. The largest absolute Gasteiger partial charge is 0.466 e. The summed E-state index contributed by atoms with van der Waals surface area (Å²) in [6, 6.07) is 5.45. The van der Waals surface area contributed by atoms with Crippen LogP contribution in [0.25, 0.3) is 0 Å². The van der Waals surface area contributed by atoms with E-state index in [0.29, 0.717) is 64.0 Å². The zero-order chi connectivity index (χ0) is 21.7. The molecule has 0 saturated carbocycles. The summed E-state index contributed by atoms with van der Waals surface area (Å²) in [6.45, 7) is 3.82. The fourth-order valence-corrected chi connectivity index (χ4v) is 5.68. The number of likely N-dealkylation sites (tertiary alicyclic amines) is 1. The molecule has 3 rings (SSSR count). The Morgan fingerprint density at radius 3 is 2.13 bits per heavy atom. The van der Waals surface area contributed by atoms with Gasteiger partial charge in [0.15, 0.2) is 0 Å². The van der Waals surface area contributed by atoms with Crippen LogP contribution in [0.4, 0.5) is 4.39 Å². The van der Waals surface area contributed by atoms with Crippen LogP contribution in [0.2, 0.25) is 0 Å². The van der Waals surface area contributed by atoms with Crippen LogP contribution in [0.5, 0.6) is 0 Å². The topological polar surface area (TPSA) is 84.0 Å². The molecule has 1 amide bonds. The van der Waals surface area contributed by atoms with E-state index in [-0.39, 0.29) is 29.5 Å². The summed E-state index contributed by atoms with van der Waals surface area (Å²) in [5, 5.41) is 0. The number of rotatable bonds is 6. The SMILES string of the molecule is CCOC(=O)C1CCN(C(=O)C2CCN(S(=O)(=O)Cc3ccc(F)cc3)CC2)CC1. The zero-order valence-corrected chi connectivity index (χ0v) is 18.1. The van der Waals surface area contributed by atoms with Gasteiger partial charge in [0.2, 0.25) is 15.9 Å². The van der Waals surface area contributed by atoms with Crippen molar-refractivity contribution in [3.63, 3.8) is 0 Å². The maximum absolute atomic E-state index is 13.0. The molecular formula is C21H29FN2O5S. The lowest BCUT2D eigenvalue weighted by Crippen LogP contribution is -2.47. The normalized spacial score (nSPS) is 19.6. The molecule has 2 heterocycles. The Balaban J connectivity index is 1.48. The van der Waals surface area contributed by atoms with Crippen molar-refractivity contribution in [2.24, 2.45) is 11.8 Å². The predicted molar refractivity (Wildman–Crippen MR) is 109 cm³/mol. The minimum Gasteiger partial charge on any atom is -0.466 e. The monoisotopic (exact) mass is 440 g/mol. The van der Waals surface area contributed by atoms with Crippen molar-refractivity contribution in [1.82, 2.24) is 9.21 Å². The predicted octanol–water partition coefficient (Wildman–Crippen LogP) is 2.17. The molecule has 1 aromatic rings. The van der Waals surface area contributed by atoms with Crippen LogP contribution >= 0.6 is 0 Å². The number of benzene rings is 1. The van der Waals surface area contributed by atoms with Gasteiger partial charge in [-0.15, -0.1) is 0 Å². The Kier molecular flexibility index (Phi) is 7.46. The summed E-state index contributed by atoms with van der Waals surface area (Å²) in [7, 11) is -3.51. The molecule has 0 bridgehead atoms. The quantitative estimate of drug-likeness (QED) is 0.633. The van der Waals surface area contributed by atoms with Crippen LogP contribution in [-0.2, 0) is 30.1 Å². The first-order valence-corrected chi connectivity index (χ1v) is 12.1. The third kappa shape index (κ3) is 5.57. The Bertz CT molecular complexity index is 843. The molecule has 30 heavy (non-hydrogen) atoms. The average molecular weight is 441 g/mol. The van der Waals surface area contributed by atoms with Crippen LogP contribution in [0.3, 0.4) is 0 Å². The molecule has 0 aliphatic carbocycles. The lowest BCUT2D eigenvalue weighted by Gasteiger charge is -2.36. The minimum atomic E-state index is -3.51. The Morgan fingerprint density at radius 1 is 1.00 bits per heavy atom. The number of halogens is 1. The first-order chi connectivity index (χ1) is 14.3. The number of carbonyl (C=O) groups excluding carboxylic acids is 2. The standard InChI is InChI=1S/C21H29FN2O5S/c1-2-29-21(26)18-7-11-23(12-8-18)20(25)17-9-13-24(14-10-17)30(27,28)15-16-3-5-19(22)6-4-16/h3-6,17-18H,2,7-15H2,1H3. The van der Waals surface area contributed by atoms with Crippen molar-refractivity contribution >= 4 is 21.9 Å².